The molecule has 8 nitrogen and oxygen atoms in total. The number of fused-ring (bicyclic) bond motifs is 2. The summed E-state index contributed by atoms with van der Waals surface area (Å²) in [6, 6.07) is 10.9. The van der Waals surface area contributed by atoms with Gasteiger partial charge in [0, 0.05) is 7.05 Å². The quantitative estimate of drug-likeness (QED) is 0.180. The Labute approximate surface area is 261 Å². The van der Waals surface area contributed by atoms with Crippen molar-refractivity contribution >= 4 is 39.2 Å². The van der Waals surface area contributed by atoms with Gasteiger partial charge in [-0.15, -0.1) is 0 Å². The SMILES string of the molecule is Cc1ccc(-c2ccc(N3C(=O)c4ccc(S(=O)(=O)c5ccc6c(c5)C(=O)N(C)C6=O)cc4C3=O)cc2C(F)(F)F)c(C(F)(F)F)c1. The van der Waals surface area contributed by atoms with Gasteiger partial charge in [0.15, 0.2) is 0 Å². The maximum Gasteiger partial charge on any atom is 0.417 e. The first-order valence-corrected chi connectivity index (χ1v) is 14.9. The highest BCUT2D eigenvalue weighted by atomic mass is 32.2. The second-order valence-corrected chi connectivity index (χ2v) is 12.8. The van der Waals surface area contributed by atoms with E-state index in [-0.39, 0.29) is 22.3 Å². The summed E-state index contributed by atoms with van der Waals surface area (Å²) in [4.78, 5) is 51.5. The van der Waals surface area contributed by atoms with Crippen LogP contribution in [0.2, 0.25) is 0 Å². The molecule has 4 aromatic carbocycles. The van der Waals surface area contributed by atoms with E-state index >= 15 is 0 Å². The van der Waals surface area contributed by atoms with E-state index in [1.165, 1.54) is 20.0 Å². The van der Waals surface area contributed by atoms with Crippen molar-refractivity contribution in [1.82, 2.24) is 4.90 Å². The van der Waals surface area contributed by atoms with Gasteiger partial charge in [-0.2, -0.15) is 26.3 Å². The van der Waals surface area contributed by atoms with E-state index in [2.05, 4.69) is 0 Å². The summed E-state index contributed by atoms with van der Waals surface area (Å²) < 4.78 is 111. The van der Waals surface area contributed by atoms with Crippen molar-refractivity contribution in [3.63, 3.8) is 0 Å². The third-order valence-corrected chi connectivity index (χ3v) is 9.63. The van der Waals surface area contributed by atoms with Gasteiger partial charge >= 0.3 is 12.4 Å². The Bertz CT molecular complexity index is 2210. The molecular formula is C32H18F6N2O6S. The van der Waals surface area contributed by atoms with Gasteiger partial charge in [-0.05, 0) is 72.6 Å². The van der Waals surface area contributed by atoms with Crippen molar-refractivity contribution in [3.8, 4) is 11.1 Å². The number of hydrogen-bond acceptors (Lipinski definition) is 6. The van der Waals surface area contributed by atoms with E-state index in [0.717, 1.165) is 59.5 Å². The molecule has 0 aliphatic carbocycles. The van der Waals surface area contributed by atoms with Crippen LogP contribution >= 0.6 is 0 Å². The molecule has 4 aromatic rings. The molecule has 0 N–H and O–H groups in total. The number of amides is 4. The minimum Gasteiger partial charge on any atom is -0.277 e. The summed E-state index contributed by atoms with van der Waals surface area (Å²) in [5, 5.41) is 0. The van der Waals surface area contributed by atoms with Gasteiger partial charge in [-0.25, -0.2) is 13.3 Å². The number of nitrogens with zero attached hydrogens (tertiary/aromatic N) is 2. The number of imide groups is 2. The number of carbonyl (C=O) groups is 4. The Kier molecular flexibility index (Phi) is 6.97. The molecule has 0 fully saturated rings. The Morgan fingerprint density at radius 3 is 1.51 bits per heavy atom. The lowest BCUT2D eigenvalue weighted by Crippen LogP contribution is -2.29. The molecule has 240 valence electrons. The number of alkyl halides is 6. The van der Waals surface area contributed by atoms with Crippen LogP contribution in [0.5, 0.6) is 0 Å². The fraction of sp³-hybridized carbons (Fsp3) is 0.125. The zero-order valence-corrected chi connectivity index (χ0v) is 24.8. The van der Waals surface area contributed by atoms with Gasteiger partial charge in [0.2, 0.25) is 9.84 Å². The fourth-order valence-electron chi connectivity index (χ4n) is 5.53. The van der Waals surface area contributed by atoms with Crippen LogP contribution in [-0.4, -0.2) is 44.0 Å². The lowest BCUT2D eigenvalue weighted by Gasteiger charge is -2.21. The van der Waals surface area contributed by atoms with Gasteiger partial charge in [-0.3, -0.25) is 24.1 Å². The molecule has 4 amide bonds. The third kappa shape index (κ3) is 4.97. The molecular weight excluding hydrogens is 654 g/mol. The summed E-state index contributed by atoms with van der Waals surface area (Å²) in [5.41, 5.74) is -5.86. The third-order valence-electron chi connectivity index (χ3n) is 7.88. The van der Waals surface area contributed by atoms with Crippen molar-refractivity contribution < 1.29 is 53.9 Å². The summed E-state index contributed by atoms with van der Waals surface area (Å²) in [5.74, 6) is -3.62. The minimum absolute atomic E-state index is 0.0110. The monoisotopic (exact) mass is 672 g/mol. The zero-order valence-electron chi connectivity index (χ0n) is 23.9. The van der Waals surface area contributed by atoms with Gasteiger partial charge < -0.3 is 0 Å². The fourth-order valence-corrected chi connectivity index (χ4v) is 6.85. The predicted octanol–water partition coefficient (Wildman–Crippen LogP) is 6.56. The largest absolute Gasteiger partial charge is 0.417 e. The van der Waals surface area contributed by atoms with Crippen molar-refractivity contribution in [2.45, 2.75) is 29.1 Å². The standard InChI is InChI=1S/C32H18F6N2O6S/c1-15-3-7-19(25(11-15)31(33,34)35)20-8-4-16(12-26(20)32(36,37)38)40-29(43)22-10-6-18(14-24(22)30(40)44)47(45,46)17-5-9-21-23(13-17)28(42)39(2)27(21)41/h3-14H,1-2H3. The number of anilines is 1. The molecule has 0 radical (unpaired) electrons. The van der Waals surface area contributed by atoms with Gasteiger partial charge in [0.1, 0.15) is 0 Å². The highest BCUT2D eigenvalue weighted by Gasteiger charge is 2.42. The first-order chi connectivity index (χ1) is 21.8. The molecule has 47 heavy (non-hydrogen) atoms. The molecule has 0 saturated heterocycles. The molecule has 0 bridgehead atoms. The van der Waals surface area contributed by atoms with Crippen LogP contribution in [0.1, 0.15) is 58.1 Å². The Morgan fingerprint density at radius 2 is 0.957 bits per heavy atom. The normalized spacial score (nSPS) is 15.1. The van der Waals surface area contributed by atoms with E-state index in [0.29, 0.717) is 17.0 Å². The van der Waals surface area contributed by atoms with Crippen LogP contribution in [0, 0.1) is 6.92 Å². The second kappa shape index (κ2) is 10.4. The molecule has 0 saturated carbocycles. The molecule has 6 rings (SSSR count). The number of halogens is 6. The van der Waals surface area contributed by atoms with Crippen molar-refractivity contribution in [2.24, 2.45) is 0 Å². The predicted molar refractivity (Wildman–Crippen MR) is 153 cm³/mol. The number of rotatable bonds is 4. The van der Waals surface area contributed by atoms with Crippen molar-refractivity contribution in [3.05, 3.63) is 112 Å². The molecule has 0 unspecified atom stereocenters. The number of aryl methyl sites for hydroxylation is 1. The summed E-state index contributed by atoms with van der Waals surface area (Å²) in [7, 11) is -3.23. The van der Waals surface area contributed by atoms with Gasteiger partial charge in [0.05, 0.1) is 48.9 Å². The maximum absolute atomic E-state index is 14.3. The maximum atomic E-state index is 14.3. The number of hydrogen-bond donors (Lipinski definition) is 0. The van der Waals surface area contributed by atoms with E-state index < -0.39 is 89.1 Å². The highest BCUT2D eigenvalue weighted by Crippen LogP contribution is 2.45. The van der Waals surface area contributed by atoms with Crippen LogP contribution in [0.25, 0.3) is 11.1 Å². The lowest BCUT2D eigenvalue weighted by atomic mass is 9.93. The Morgan fingerprint density at radius 1 is 0.532 bits per heavy atom. The van der Waals surface area contributed by atoms with Crippen molar-refractivity contribution in [1.29, 1.82) is 0 Å². The summed E-state index contributed by atoms with van der Waals surface area (Å²) >= 11 is 0. The highest BCUT2D eigenvalue weighted by molar-refractivity contribution is 7.91. The van der Waals surface area contributed by atoms with Crippen LogP contribution in [0.3, 0.4) is 0 Å². The average molecular weight is 673 g/mol. The molecule has 2 aliphatic heterocycles. The smallest absolute Gasteiger partial charge is 0.277 e. The zero-order chi connectivity index (χ0) is 34.4. The van der Waals surface area contributed by atoms with Crippen molar-refractivity contribution in [2.75, 3.05) is 11.9 Å². The first kappa shape index (κ1) is 31.7. The minimum atomic E-state index is -5.21. The van der Waals surface area contributed by atoms with Crippen LogP contribution in [-0.2, 0) is 22.2 Å². The van der Waals surface area contributed by atoms with Crippen LogP contribution < -0.4 is 4.90 Å². The van der Waals surface area contributed by atoms with E-state index in [9.17, 15) is 53.9 Å². The number of sulfone groups is 1. The van der Waals surface area contributed by atoms with Gasteiger partial charge in [-0.1, -0.05) is 23.8 Å². The molecule has 0 aromatic heterocycles. The lowest BCUT2D eigenvalue weighted by molar-refractivity contribution is -0.139. The topological polar surface area (TPSA) is 109 Å². The summed E-state index contributed by atoms with van der Waals surface area (Å²) in [6.45, 7) is 1.35. The van der Waals surface area contributed by atoms with Crippen LogP contribution in [0.15, 0.2) is 82.6 Å². The van der Waals surface area contributed by atoms with E-state index in [4.69, 9.17) is 0 Å². The van der Waals surface area contributed by atoms with E-state index in [1.807, 2.05) is 0 Å². The molecule has 0 spiro atoms. The van der Waals surface area contributed by atoms with Crippen LogP contribution in [0.4, 0.5) is 32.0 Å². The molecule has 15 heteroatoms. The average Bonchev–Trinajstić information content (AvgIpc) is 3.39. The molecule has 0 atom stereocenters. The Balaban J connectivity index is 1.40. The molecule has 2 heterocycles. The number of carbonyl (C=O) groups excluding carboxylic acids is 4. The second-order valence-electron chi connectivity index (χ2n) is 10.8. The molecule has 2 aliphatic rings. The van der Waals surface area contributed by atoms with E-state index in [1.54, 1.807) is 0 Å². The Hall–Kier alpha value is -5.31. The number of benzene rings is 4. The first-order valence-electron chi connectivity index (χ1n) is 13.5. The van der Waals surface area contributed by atoms with Gasteiger partial charge in [0.25, 0.3) is 23.6 Å². The summed E-state index contributed by atoms with van der Waals surface area (Å²) in [6.07, 6.45) is -10.2.